The number of benzene rings is 2. The van der Waals surface area contributed by atoms with E-state index >= 15 is 0 Å². The van der Waals surface area contributed by atoms with E-state index in [1.807, 2.05) is 0 Å². The third-order valence-corrected chi connectivity index (χ3v) is 3.73. The summed E-state index contributed by atoms with van der Waals surface area (Å²) >= 11 is 0. The van der Waals surface area contributed by atoms with Crippen molar-refractivity contribution in [1.82, 2.24) is 10.9 Å². The van der Waals surface area contributed by atoms with Gasteiger partial charge in [0, 0.05) is 18.1 Å². The van der Waals surface area contributed by atoms with Crippen LogP contribution in [0.25, 0.3) is 0 Å². The molecule has 2 N–H and O–H groups in total. The molecule has 0 radical (unpaired) electrons. The summed E-state index contributed by atoms with van der Waals surface area (Å²) in [6.07, 6.45) is 0.568. The zero-order valence-electron chi connectivity index (χ0n) is 14.5. The molecule has 1 heterocycles. The molecule has 0 atom stereocenters. The lowest BCUT2D eigenvalue weighted by atomic mass is 10.2. The molecule has 8 heteroatoms. The zero-order chi connectivity index (χ0) is 19.1. The van der Waals surface area contributed by atoms with Gasteiger partial charge in [-0.2, -0.15) is 0 Å². The van der Waals surface area contributed by atoms with Gasteiger partial charge >= 0.3 is 0 Å². The molecule has 2 aromatic carbocycles. The van der Waals surface area contributed by atoms with Crippen molar-refractivity contribution < 1.29 is 28.2 Å². The lowest BCUT2D eigenvalue weighted by Crippen LogP contribution is -2.41. The predicted molar refractivity (Wildman–Crippen MR) is 94.2 cm³/mol. The highest BCUT2D eigenvalue weighted by Crippen LogP contribution is 2.30. The van der Waals surface area contributed by atoms with Crippen molar-refractivity contribution in [3.63, 3.8) is 0 Å². The summed E-state index contributed by atoms with van der Waals surface area (Å²) in [6.45, 7) is 1.15. The van der Waals surface area contributed by atoms with Gasteiger partial charge in [-0.25, -0.2) is 4.39 Å². The summed E-state index contributed by atoms with van der Waals surface area (Å²) in [6, 6.07) is 10.6. The third-order valence-electron chi connectivity index (χ3n) is 3.73. The highest BCUT2D eigenvalue weighted by molar-refractivity contribution is 5.96. The number of nitrogens with one attached hydrogen (secondary N) is 2. The second-order valence-corrected chi connectivity index (χ2v) is 5.77. The Hall–Kier alpha value is -3.29. The molecule has 0 aliphatic carbocycles. The van der Waals surface area contributed by atoms with Crippen LogP contribution in [0.2, 0.25) is 0 Å². The standard InChI is InChI=1S/C19H19FN2O5/c20-14-3-1-4-15(12-14)25-8-2-5-18(23)21-22-19(24)13-6-7-16-17(11-13)27-10-9-26-16/h1,3-4,6-7,11-12H,2,5,8-10H2,(H,21,23)(H,22,24). The topological polar surface area (TPSA) is 85.9 Å². The van der Waals surface area contributed by atoms with Crippen molar-refractivity contribution in [2.24, 2.45) is 0 Å². The monoisotopic (exact) mass is 374 g/mol. The highest BCUT2D eigenvalue weighted by Gasteiger charge is 2.15. The summed E-state index contributed by atoms with van der Waals surface area (Å²) < 4.78 is 29.2. The minimum Gasteiger partial charge on any atom is -0.493 e. The molecular formula is C19H19FN2O5. The van der Waals surface area contributed by atoms with Crippen LogP contribution in [-0.2, 0) is 4.79 Å². The van der Waals surface area contributed by atoms with Gasteiger partial charge in [-0.15, -0.1) is 0 Å². The van der Waals surface area contributed by atoms with E-state index in [1.165, 1.54) is 12.1 Å². The Labute approximate surface area is 155 Å². The average Bonchev–Trinajstić information content (AvgIpc) is 2.69. The first-order valence-corrected chi connectivity index (χ1v) is 8.49. The Bertz CT molecular complexity index is 827. The van der Waals surface area contributed by atoms with Crippen LogP contribution in [0.5, 0.6) is 17.2 Å². The number of rotatable bonds is 6. The van der Waals surface area contributed by atoms with Crippen molar-refractivity contribution >= 4 is 11.8 Å². The molecule has 2 aromatic rings. The number of halogens is 1. The molecule has 0 saturated heterocycles. The van der Waals surface area contributed by atoms with Crippen LogP contribution < -0.4 is 25.1 Å². The van der Waals surface area contributed by atoms with Gasteiger partial charge in [0.1, 0.15) is 24.8 Å². The minimum atomic E-state index is -0.462. The van der Waals surface area contributed by atoms with Crippen LogP contribution in [0, 0.1) is 5.82 Å². The van der Waals surface area contributed by atoms with Gasteiger partial charge in [0.25, 0.3) is 5.91 Å². The van der Waals surface area contributed by atoms with E-state index in [-0.39, 0.29) is 24.8 Å². The lowest BCUT2D eigenvalue weighted by Gasteiger charge is -2.18. The van der Waals surface area contributed by atoms with Crippen LogP contribution in [0.4, 0.5) is 4.39 Å². The smallest absolute Gasteiger partial charge is 0.269 e. The van der Waals surface area contributed by atoms with Crippen molar-refractivity contribution in [1.29, 1.82) is 0 Å². The zero-order valence-corrected chi connectivity index (χ0v) is 14.5. The van der Waals surface area contributed by atoms with Gasteiger partial charge in [-0.3, -0.25) is 20.4 Å². The van der Waals surface area contributed by atoms with E-state index < -0.39 is 5.91 Å². The molecule has 0 unspecified atom stereocenters. The van der Waals surface area contributed by atoms with E-state index in [9.17, 15) is 14.0 Å². The molecule has 0 aromatic heterocycles. The van der Waals surface area contributed by atoms with Crippen LogP contribution in [-0.4, -0.2) is 31.6 Å². The van der Waals surface area contributed by atoms with Crippen LogP contribution in [0.15, 0.2) is 42.5 Å². The normalized spacial score (nSPS) is 12.2. The Morgan fingerprint density at radius 1 is 1.04 bits per heavy atom. The fourth-order valence-electron chi connectivity index (χ4n) is 2.43. The first kappa shape index (κ1) is 18.5. The summed E-state index contributed by atoms with van der Waals surface area (Å²) in [5.41, 5.74) is 5.03. The van der Waals surface area contributed by atoms with E-state index in [2.05, 4.69) is 10.9 Å². The summed E-state index contributed by atoms with van der Waals surface area (Å²) in [5.74, 6) is 0.282. The lowest BCUT2D eigenvalue weighted by molar-refractivity contribution is -0.122. The minimum absolute atomic E-state index is 0.150. The van der Waals surface area contributed by atoms with E-state index in [0.717, 1.165) is 0 Å². The molecule has 2 amide bonds. The van der Waals surface area contributed by atoms with Crippen molar-refractivity contribution in [3.05, 3.63) is 53.8 Å². The first-order valence-electron chi connectivity index (χ1n) is 8.49. The maximum absolute atomic E-state index is 13.0. The van der Waals surface area contributed by atoms with Crippen LogP contribution >= 0.6 is 0 Å². The number of ether oxygens (including phenoxy) is 3. The Morgan fingerprint density at radius 3 is 2.67 bits per heavy atom. The average molecular weight is 374 g/mol. The van der Waals surface area contributed by atoms with Gasteiger partial charge < -0.3 is 14.2 Å². The Kier molecular flexibility index (Phi) is 6.09. The van der Waals surface area contributed by atoms with Crippen molar-refractivity contribution in [2.75, 3.05) is 19.8 Å². The SMILES string of the molecule is O=C(CCCOc1cccc(F)c1)NNC(=O)c1ccc2c(c1)OCCO2. The molecule has 3 rings (SSSR count). The number of carbonyl (C=O) groups is 2. The van der Waals surface area contributed by atoms with E-state index in [1.54, 1.807) is 30.3 Å². The van der Waals surface area contributed by atoms with Gasteiger partial charge in [0.05, 0.1) is 6.61 Å². The molecule has 0 bridgehead atoms. The second-order valence-electron chi connectivity index (χ2n) is 5.77. The molecule has 0 saturated carbocycles. The Morgan fingerprint density at radius 2 is 1.85 bits per heavy atom. The van der Waals surface area contributed by atoms with Crippen molar-refractivity contribution in [2.45, 2.75) is 12.8 Å². The first-order chi connectivity index (χ1) is 13.1. The molecule has 27 heavy (non-hydrogen) atoms. The summed E-state index contributed by atoms with van der Waals surface area (Å²) in [4.78, 5) is 23.9. The van der Waals surface area contributed by atoms with E-state index in [0.29, 0.717) is 42.4 Å². The molecular weight excluding hydrogens is 355 g/mol. The summed E-state index contributed by atoms with van der Waals surface area (Å²) in [7, 11) is 0. The number of fused-ring (bicyclic) bond motifs is 1. The second kappa shape index (κ2) is 8.88. The number of hydrazine groups is 1. The fraction of sp³-hybridized carbons (Fsp3) is 0.263. The molecule has 142 valence electrons. The van der Waals surface area contributed by atoms with E-state index in [4.69, 9.17) is 14.2 Å². The predicted octanol–water partition coefficient (Wildman–Crippen LogP) is 2.22. The maximum Gasteiger partial charge on any atom is 0.269 e. The third kappa shape index (κ3) is 5.34. The molecule has 0 spiro atoms. The molecule has 1 aliphatic rings. The number of carbonyl (C=O) groups excluding carboxylic acids is 2. The van der Waals surface area contributed by atoms with Gasteiger partial charge in [0.15, 0.2) is 11.5 Å². The van der Waals surface area contributed by atoms with Crippen LogP contribution in [0.3, 0.4) is 0 Å². The quantitative estimate of drug-likeness (QED) is 0.598. The Balaban J connectivity index is 1.38. The molecule has 0 fully saturated rings. The number of hydrogen-bond acceptors (Lipinski definition) is 5. The highest BCUT2D eigenvalue weighted by atomic mass is 19.1. The maximum atomic E-state index is 13.0. The van der Waals surface area contributed by atoms with Gasteiger partial charge in [-0.05, 0) is 36.8 Å². The number of amides is 2. The van der Waals surface area contributed by atoms with Crippen LogP contribution in [0.1, 0.15) is 23.2 Å². The van der Waals surface area contributed by atoms with Gasteiger partial charge in [0.2, 0.25) is 5.91 Å². The summed E-state index contributed by atoms with van der Waals surface area (Å²) in [5, 5.41) is 0. The number of hydrogen-bond donors (Lipinski definition) is 2. The molecule has 7 nitrogen and oxygen atoms in total. The molecule has 1 aliphatic heterocycles. The van der Waals surface area contributed by atoms with Crippen molar-refractivity contribution in [3.8, 4) is 17.2 Å². The fourth-order valence-corrected chi connectivity index (χ4v) is 2.43. The van der Waals surface area contributed by atoms with Gasteiger partial charge in [-0.1, -0.05) is 6.07 Å². The largest absolute Gasteiger partial charge is 0.493 e.